The van der Waals surface area contributed by atoms with Gasteiger partial charge in [-0.25, -0.2) is 4.98 Å². The molecule has 0 atom stereocenters. The second-order valence-electron chi connectivity index (χ2n) is 4.35. The lowest BCUT2D eigenvalue weighted by Gasteiger charge is -2.36. The van der Waals surface area contributed by atoms with Crippen molar-refractivity contribution in [1.29, 1.82) is 0 Å². The summed E-state index contributed by atoms with van der Waals surface area (Å²) in [4.78, 5) is 4.66. The third-order valence-electron chi connectivity index (χ3n) is 3.02. The highest BCUT2D eigenvalue weighted by atomic mass is 32.2. The van der Waals surface area contributed by atoms with Crippen molar-refractivity contribution in [2.75, 3.05) is 0 Å². The first-order valence-corrected chi connectivity index (χ1v) is 6.93. The minimum absolute atomic E-state index is 0.466. The fourth-order valence-electron chi connectivity index (χ4n) is 1.88. The van der Waals surface area contributed by atoms with Crippen molar-refractivity contribution < 1.29 is 0 Å². The van der Waals surface area contributed by atoms with Gasteiger partial charge in [-0.05, 0) is 31.9 Å². The van der Waals surface area contributed by atoms with Gasteiger partial charge in [0.2, 0.25) is 0 Å². The van der Waals surface area contributed by atoms with Gasteiger partial charge >= 0.3 is 0 Å². The molecule has 1 fully saturated rings. The predicted octanol–water partition coefficient (Wildman–Crippen LogP) is 4.33. The summed E-state index contributed by atoms with van der Waals surface area (Å²) >= 11 is 3.79. The molecule has 0 amide bonds. The second kappa shape index (κ2) is 3.49. The summed E-state index contributed by atoms with van der Waals surface area (Å²) in [6.45, 7) is 2.35. The maximum absolute atomic E-state index is 4.66. The number of benzene rings is 1. The number of fused-ring (bicyclic) bond motifs is 1. The lowest BCUT2D eigenvalue weighted by atomic mass is 9.86. The van der Waals surface area contributed by atoms with Crippen LogP contribution in [0.3, 0.4) is 0 Å². The highest BCUT2D eigenvalue weighted by Crippen LogP contribution is 2.48. The highest BCUT2D eigenvalue weighted by molar-refractivity contribution is 8.02. The van der Waals surface area contributed by atoms with Gasteiger partial charge < -0.3 is 0 Å². The van der Waals surface area contributed by atoms with Crippen LogP contribution in [0.25, 0.3) is 10.2 Å². The molecule has 3 rings (SSSR count). The minimum atomic E-state index is 0.466. The number of para-hydroxylation sites is 1. The monoisotopic (exact) mass is 235 g/mol. The van der Waals surface area contributed by atoms with Crippen molar-refractivity contribution in [2.45, 2.75) is 35.3 Å². The number of hydrogen-bond acceptors (Lipinski definition) is 3. The molecule has 1 nitrogen and oxygen atoms in total. The topological polar surface area (TPSA) is 12.9 Å². The van der Waals surface area contributed by atoms with Crippen molar-refractivity contribution in [1.82, 2.24) is 4.98 Å². The van der Waals surface area contributed by atoms with Crippen LogP contribution in [-0.2, 0) is 0 Å². The largest absolute Gasteiger partial charge is 0.230 e. The maximum Gasteiger partial charge on any atom is 0.151 e. The molecule has 78 valence electrons. The van der Waals surface area contributed by atoms with Crippen LogP contribution in [0.15, 0.2) is 28.6 Å². The maximum atomic E-state index is 4.66. The molecule has 1 aliphatic carbocycles. The fourth-order valence-corrected chi connectivity index (χ4v) is 4.68. The Morgan fingerprint density at radius 1 is 1.33 bits per heavy atom. The Labute approximate surface area is 97.9 Å². The van der Waals surface area contributed by atoms with E-state index in [1.165, 1.54) is 28.3 Å². The van der Waals surface area contributed by atoms with Crippen LogP contribution in [0.5, 0.6) is 0 Å². The Bertz CT molecular complexity index is 452. The average molecular weight is 235 g/mol. The molecule has 1 heterocycles. The van der Waals surface area contributed by atoms with E-state index in [1.807, 2.05) is 23.1 Å². The van der Waals surface area contributed by atoms with Gasteiger partial charge in [0.1, 0.15) is 0 Å². The molecule has 0 saturated heterocycles. The predicted molar refractivity (Wildman–Crippen MR) is 67.7 cm³/mol. The Kier molecular flexibility index (Phi) is 2.25. The number of aromatic nitrogens is 1. The van der Waals surface area contributed by atoms with E-state index < -0.39 is 0 Å². The molecule has 15 heavy (non-hydrogen) atoms. The van der Waals surface area contributed by atoms with Gasteiger partial charge in [0.05, 0.1) is 10.2 Å². The SMILES string of the molecule is CC1(Sc2nc3ccccc3s2)CCC1. The van der Waals surface area contributed by atoms with Crippen molar-refractivity contribution >= 4 is 33.3 Å². The first-order chi connectivity index (χ1) is 7.25. The molecule has 1 saturated carbocycles. The van der Waals surface area contributed by atoms with Crippen molar-refractivity contribution in [3.05, 3.63) is 24.3 Å². The summed E-state index contributed by atoms with van der Waals surface area (Å²) in [5, 5.41) is 0. The fraction of sp³-hybridized carbons (Fsp3) is 0.417. The minimum Gasteiger partial charge on any atom is -0.230 e. The Morgan fingerprint density at radius 2 is 2.13 bits per heavy atom. The van der Waals surface area contributed by atoms with E-state index in [1.54, 1.807) is 0 Å². The summed E-state index contributed by atoms with van der Waals surface area (Å²) in [5.74, 6) is 0. The summed E-state index contributed by atoms with van der Waals surface area (Å²) in [7, 11) is 0. The lowest BCUT2D eigenvalue weighted by Crippen LogP contribution is -2.28. The van der Waals surface area contributed by atoms with Crippen LogP contribution >= 0.6 is 23.1 Å². The molecule has 0 aliphatic heterocycles. The molecule has 1 aromatic carbocycles. The zero-order chi connectivity index (χ0) is 10.3. The van der Waals surface area contributed by atoms with E-state index in [0.29, 0.717) is 4.75 Å². The van der Waals surface area contributed by atoms with Crippen molar-refractivity contribution in [2.24, 2.45) is 0 Å². The molecule has 0 N–H and O–H groups in total. The molecule has 1 aromatic heterocycles. The highest BCUT2D eigenvalue weighted by Gasteiger charge is 2.33. The molecule has 0 radical (unpaired) electrons. The number of rotatable bonds is 2. The number of nitrogens with zero attached hydrogens (tertiary/aromatic N) is 1. The van der Waals surface area contributed by atoms with Crippen LogP contribution in [0.2, 0.25) is 0 Å². The smallest absolute Gasteiger partial charge is 0.151 e. The third-order valence-corrected chi connectivity index (χ3v) is 5.52. The summed E-state index contributed by atoms with van der Waals surface area (Å²) in [6.07, 6.45) is 4.07. The van der Waals surface area contributed by atoms with E-state index >= 15 is 0 Å². The molecule has 0 spiro atoms. The zero-order valence-corrected chi connectivity index (χ0v) is 10.3. The molecule has 0 bridgehead atoms. The van der Waals surface area contributed by atoms with Crippen LogP contribution in [0.4, 0.5) is 0 Å². The van der Waals surface area contributed by atoms with Gasteiger partial charge in [0.15, 0.2) is 4.34 Å². The van der Waals surface area contributed by atoms with E-state index in [4.69, 9.17) is 0 Å². The standard InChI is InChI=1S/C12H13NS2/c1-12(7-4-8-12)15-11-13-9-5-2-3-6-10(9)14-11/h2-3,5-6H,4,7-8H2,1H3. The van der Waals surface area contributed by atoms with Gasteiger partial charge in [-0.3, -0.25) is 0 Å². The quantitative estimate of drug-likeness (QED) is 0.768. The van der Waals surface area contributed by atoms with Crippen LogP contribution in [-0.4, -0.2) is 9.73 Å². The molecule has 3 heteroatoms. The first kappa shape index (κ1) is 9.67. The van der Waals surface area contributed by atoms with E-state index in [2.05, 4.69) is 36.2 Å². The van der Waals surface area contributed by atoms with Gasteiger partial charge in [0.25, 0.3) is 0 Å². The van der Waals surface area contributed by atoms with Gasteiger partial charge in [-0.1, -0.05) is 30.3 Å². The molecular formula is C12H13NS2. The van der Waals surface area contributed by atoms with E-state index in [-0.39, 0.29) is 0 Å². The molecule has 0 unspecified atom stereocenters. The van der Waals surface area contributed by atoms with E-state index in [0.717, 1.165) is 5.52 Å². The third kappa shape index (κ3) is 1.79. The van der Waals surface area contributed by atoms with Crippen molar-refractivity contribution in [3.8, 4) is 0 Å². The normalized spacial score (nSPS) is 19.0. The molecule has 1 aliphatic rings. The summed E-state index contributed by atoms with van der Waals surface area (Å²) < 4.78 is 3.01. The summed E-state index contributed by atoms with van der Waals surface area (Å²) in [6, 6.07) is 8.39. The Balaban J connectivity index is 1.91. The zero-order valence-electron chi connectivity index (χ0n) is 8.69. The molecule has 2 aromatic rings. The van der Waals surface area contributed by atoms with Gasteiger partial charge in [-0.2, -0.15) is 0 Å². The van der Waals surface area contributed by atoms with Crippen LogP contribution in [0.1, 0.15) is 26.2 Å². The molecular weight excluding hydrogens is 222 g/mol. The number of thiazole rings is 1. The van der Waals surface area contributed by atoms with E-state index in [9.17, 15) is 0 Å². The Hall–Kier alpha value is -0.540. The Morgan fingerprint density at radius 3 is 2.80 bits per heavy atom. The second-order valence-corrected chi connectivity index (χ2v) is 7.22. The average Bonchev–Trinajstić information content (AvgIpc) is 2.57. The summed E-state index contributed by atoms with van der Waals surface area (Å²) in [5.41, 5.74) is 1.15. The number of thioether (sulfide) groups is 1. The lowest BCUT2D eigenvalue weighted by molar-refractivity contribution is 0.392. The van der Waals surface area contributed by atoms with Gasteiger partial charge in [0, 0.05) is 4.75 Å². The first-order valence-electron chi connectivity index (χ1n) is 5.30. The van der Waals surface area contributed by atoms with Gasteiger partial charge in [-0.15, -0.1) is 11.3 Å². The number of hydrogen-bond donors (Lipinski definition) is 0. The van der Waals surface area contributed by atoms with Crippen LogP contribution in [0, 0.1) is 0 Å². The van der Waals surface area contributed by atoms with Crippen LogP contribution < -0.4 is 0 Å². The van der Waals surface area contributed by atoms with Crippen molar-refractivity contribution in [3.63, 3.8) is 0 Å².